The van der Waals surface area contributed by atoms with Gasteiger partial charge in [-0.2, -0.15) is 0 Å². The van der Waals surface area contributed by atoms with Crippen LogP contribution < -0.4 is 0 Å². The smallest absolute Gasteiger partial charge is 0.311 e. The number of esters is 1. The topological polar surface area (TPSA) is 63.7 Å². The first-order chi connectivity index (χ1) is 10.6. The molecule has 1 aliphatic carbocycles. The van der Waals surface area contributed by atoms with Crippen LogP contribution in [-0.2, 0) is 19.1 Å². The molecule has 0 aromatic rings. The highest BCUT2D eigenvalue weighted by atomic mass is 35.5. The maximum Gasteiger partial charge on any atom is 0.311 e. The number of carbonyl (C=O) groups excluding carboxylic acids is 3. The molecule has 2 amide bonds. The molecule has 1 aliphatic heterocycles. The van der Waals surface area contributed by atoms with E-state index in [2.05, 4.69) is 0 Å². The molecule has 2 aliphatic rings. The molecule has 2 atom stereocenters. The van der Waals surface area contributed by atoms with Gasteiger partial charge < -0.3 is 4.74 Å². The Morgan fingerprint density at radius 1 is 1.35 bits per heavy atom. The predicted molar refractivity (Wildman–Crippen MR) is 86.1 cm³/mol. The van der Waals surface area contributed by atoms with Crippen molar-refractivity contribution in [2.45, 2.75) is 34.6 Å². The first-order valence-corrected chi connectivity index (χ1v) is 8.08. The van der Waals surface area contributed by atoms with E-state index in [1.165, 1.54) is 5.54 Å². The Labute approximate surface area is 141 Å². The fraction of sp³-hybridized carbons (Fsp3) is 0.588. The van der Waals surface area contributed by atoms with Crippen molar-refractivity contribution in [2.24, 2.45) is 23.2 Å². The van der Waals surface area contributed by atoms with Crippen molar-refractivity contribution in [1.29, 1.82) is 0 Å². The summed E-state index contributed by atoms with van der Waals surface area (Å²) in [5.74, 6) is -1.51. The molecule has 1 heterocycles. The van der Waals surface area contributed by atoms with Crippen molar-refractivity contribution in [3.05, 3.63) is 22.8 Å². The van der Waals surface area contributed by atoms with Crippen LogP contribution in [0.3, 0.4) is 0 Å². The zero-order chi connectivity index (χ0) is 17.5. The zero-order valence-corrected chi connectivity index (χ0v) is 14.8. The summed E-state index contributed by atoms with van der Waals surface area (Å²) in [6, 6.07) is 0. The second-order valence-corrected chi connectivity index (χ2v) is 7.22. The Bertz CT molecular complexity index is 618. The Balaban J connectivity index is 1.99. The van der Waals surface area contributed by atoms with Crippen molar-refractivity contribution in [3.63, 3.8) is 0 Å². The standard InChI is InChI=1S/C17H22ClNO4/c1-9(2)12-10(3)14(20)19(15(12)21)8-23-16(22)13-11(6-7-18)17(13,4)5/h6-7,9,11,13H,8H2,1-5H3. The highest BCUT2D eigenvalue weighted by Gasteiger charge is 2.61. The van der Waals surface area contributed by atoms with Gasteiger partial charge in [-0.3, -0.25) is 14.4 Å². The molecule has 0 aromatic heterocycles. The molecule has 0 spiro atoms. The lowest BCUT2D eigenvalue weighted by Crippen LogP contribution is -2.35. The number of amides is 2. The molecule has 1 saturated carbocycles. The number of imide groups is 1. The van der Waals surface area contributed by atoms with Crippen molar-refractivity contribution < 1.29 is 19.1 Å². The van der Waals surface area contributed by atoms with Gasteiger partial charge in [-0.05, 0) is 24.2 Å². The minimum atomic E-state index is -0.411. The van der Waals surface area contributed by atoms with Gasteiger partial charge in [-0.15, -0.1) is 0 Å². The Hall–Kier alpha value is -1.62. The van der Waals surface area contributed by atoms with Crippen LogP contribution in [0.5, 0.6) is 0 Å². The average Bonchev–Trinajstić information content (AvgIpc) is 2.91. The molecule has 5 nitrogen and oxygen atoms in total. The molecule has 1 fully saturated rings. The number of nitrogens with zero attached hydrogens (tertiary/aromatic N) is 1. The van der Waals surface area contributed by atoms with Crippen molar-refractivity contribution in [1.82, 2.24) is 4.90 Å². The molecule has 2 unspecified atom stereocenters. The van der Waals surface area contributed by atoms with Crippen LogP contribution in [-0.4, -0.2) is 29.4 Å². The Morgan fingerprint density at radius 3 is 2.43 bits per heavy atom. The fourth-order valence-corrected chi connectivity index (χ4v) is 3.45. The summed E-state index contributed by atoms with van der Waals surface area (Å²) in [6.07, 6.45) is 1.77. The molecule has 0 radical (unpaired) electrons. The maximum atomic E-state index is 12.3. The van der Waals surface area contributed by atoms with E-state index in [9.17, 15) is 14.4 Å². The van der Waals surface area contributed by atoms with Crippen LogP contribution in [0.4, 0.5) is 0 Å². The summed E-state index contributed by atoms with van der Waals surface area (Å²) in [5, 5.41) is 0. The van der Waals surface area contributed by atoms with Crippen molar-refractivity contribution in [3.8, 4) is 0 Å². The van der Waals surface area contributed by atoms with E-state index in [4.69, 9.17) is 16.3 Å². The lowest BCUT2D eigenvalue weighted by atomic mass is 10.00. The van der Waals surface area contributed by atoms with E-state index >= 15 is 0 Å². The van der Waals surface area contributed by atoms with Crippen LogP contribution in [0.15, 0.2) is 22.8 Å². The molecule has 126 valence electrons. The number of carbonyl (C=O) groups is 3. The van der Waals surface area contributed by atoms with Crippen molar-refractivity contribution >= 4 is 29.4 Å². The third-order valence-corrected chi connectivity index (χ3v) is 4.95. The van der Waals surface area contributed by atoms with Gasteiger partial charge in [0, 0.05) is 16.7 Å². The number of hydrogen-bond acceptors (Lipinski definition) is 4. The number of rotatable bonds is 5. The zero-order valence-electron chi connectivity index (χ0n) is 14.1. The minimum Gasteiger partial charge on any atom is -0.443 e. The summed E-state index contributed by atoms with van der Waals surface area (Å²) in [5.41, 5.74) is 2.09. The second-order valence-electron chi connectivity index (χ2n) is 6.97. The maximum absolute atomic E-state index is 12.3. The van der Waals surface area contributed by atoms with Crippen molar-refractivity contribution in [2.75, 3.05) is 6.73 Å². The number of halogens is 1. The molecule has 0 aromatic carbocycles. The van der Waals surface area contributed by atoms with Crippen LogP contribution in [0.2, 0.25) is 0 Å². The molecule has 23 heavy (non-hydrogen) atoms. The summed E-state index contributed by atoms with van der Waals surface area (Å²) >= 11 is 5.58. The summed E-state index contributed by atoms with van der Waals surface area (Å²) in [6.45, 7) is 8.91. The van der Waals surface area contributed by atoms with Gasteiger partial charge in [0.15, 0.2) is 6.73 Å². The second kappa shape index (κ2) is 6.11. The van der Waals surface area contributed by atoms with Gasteiger partial charge in [-0.1, -0.05) is 45.4 Å². The van der Waals surface area contributed by atoms with Gasteiger partial charge in [-0.25, -0.2) is 4.90 Å². The minimum absolute atomic E-state index is 0.0172. The van der Waals surface area contributed by atoms with Crippen LogP contribution in [0, 0.1) is 23.2 Å². The molecular formula is C17H22ClNO4. The van der Waals surface area contributed by atoms with Gasteiger partial charge >= 0.3 is 5.97 Å². The SMILES string of the molecule is CC1=C(C(C)C)C(=O)N(COC(=O)C2C(C=CCl)C2(C)C)C1=O. The van der Waals surface area contributed by atoms with E-state index < -0.39 is 11.9 Å². The van der Waals surface area contributed by atoms with Gasteiger partial charge in [0.2, 0.25) is 0 Å². The van der Waals surface area contributed by atoms with Crippen LogP contribution in [0.1, 0.15) is 34.6 Å². The van der Waals surface area contributed by atoms with Gasteiger partial charge in [0.1, 0.15) is 0 Å². The lowest BCUT2D eigenvalue weighted by Gasteiger charge is -2.16. The first-order valence-electron chi connectivity index (χ1n) is 7.65. The fourth-order valence-electron chi connectivity index (χ4n) is 3.30. The lowest BCUT2D eigenvalue weighted by molar-refractivity contribution is -0.156. The first kappa shape index (κ1) is 17.7. The van der Waals surface area contributed by atoms with E-state index in [1.807, 2.05) is 27.7 Å². The van der Waals surface area contributed by atoms with Gasteiger partial charge in [0.25, 0.3) is 11.8 Å². The molecule has 0 N–H and O–H groups in total. The summed E-state index contributed by atoms with van der Waals surface area (Å²) < 4.78 is 5.22. The van der Waals surface area contributed by atoms with Gasteiger partial charge in [0.05, 0.1) is 5.92 Å². The molecule has 0 saturated heterocycles. The molecule has 2 rings (SSSR count). The molecule has 0 bridgehead atoms. The number of allylic oxidation sites excluding steroid dienone is 1. The Kier molecular flexibility index (Phi) is 4.71. The van der Waals surface area contributed by atoms with Crippen LogP contribution in [0.25, 0.3) is 0 Å². The predicted octanol–water partition coefficient (Wildman–Crippen LogP) is 2.85. The van der Waals surface area contributed by atoms with E-state index in [-0.39, 0.29) is 35.8 Å². The quantitative estimate of drug-likeness (QED) is 0.570. The highest BCUT2D eigenvalue weighted by Crippen LogP contribution is 2.59. The molecule has 6 heteroatoms. The van der Waals surface area contributed by atoms with E-state index in [1.54, 1.807) is 13.0 Å². The van der Waals surface area contributed by atoms with Crippen LogP contribution >= 0.6 is 11.6 Å². The van der Waals surface area contributed by atoms with E-state index in [0.717, 1.165) is 4.90 Å². The monoisotopic (exact) mass is 339 g/mol. The number of hydrogen-bond donors (Lipinski definition) is 0. The normalized spacial score (nSPS) is 26.7. The van der Waals surface area contributed by atoms with E-state index in [0.29, 0.717) is 11.1 Å². The largest absolute Gasteiger partial charge is 0.443 e. The highest BCUT2D eigenvalue weighted by molar-refractivity contribution is 6.25. The number of ether oxygens (including phenoxy) is 1. The molecular weight excluding hydrogens is 318 g/mol. The Morgan fingerprint density at radius 2 is 1.96 bits per heavy atom. The third kappa shape index (κ3) is 2.94. The summed E-state index contributed by atoms with van der Waals surface area (Å²) in [7, 11) is 0. The summed E-state index contributed by atoms with van der Waals surface area (Å²) in [4.78, 5) is 37.6. The average molecular weight is 340 g/mol. The third-order valence-electron chi connectivity index (χ3n) is 4.80.